The van der Waals surface area contributed by atoms with Crippen LogP contribution in [0.3, 0.4) is 0 Å². The second-order valence-corrected chi connectivity index (χ2v) is 10.9. The predicted octanol–water partition coefficient (Wildman–Crippen LogP) is 2.20. The lowest BCUT2D eigenvalue weighted by Gasteiger charge is -2.39. The fraction of sp³-hybridized carbons (Fsp3) is 0.552. The van der Waals surface area contributed by atoms with E-state index in [-0.39, 0.29) is 29.0 Å². The molecule has 5 rings (SSSR count). The molecule has 1 aliphatic heterocycles. The molecule has 184 valence electrons. The third-order valence-corrected chi connectivity index (χ3v) is 8.73. The fourth-order valence-corrected chi connectivity index (χ4v) is 7.04. The largest absolute Gasteiger partial charge is 1.00 e. The second kappa shape index (κ2) is 10.5. The average molecular weight is 529 g/mol. The number of quaternary nitrogens is 1. The molecule has 2 aromatic rings. The van der Waals surface area contributed by atoms with Gasteiger partial charge in [0.25, 0.3) is 0 Å². The Balaban J connectivity index is 0.00000274. The molecular weight excluding hydrogens is 490 g/mol. The summed E-state index contributed by atoms with van der Waals surface area (Å²) in [5, 5.41) is 12.0. The number of hydrogen-bond donors (Lipinski definition) is 1. The Morgan fingerprint density at radius 3 is 2.21 bits per heavy atom. The minimum absolute atomic E-state index is 0. The monoisotopic (exact) mass is 527 g/mol. The van der Waals surface area contributed by atoms with E-state index < -0.39 is 11.6 Å². The van der Waals surface area contributed by atoms with Gasteiger partial charge in [0.15, 0.2) is 11.7 Å². The van der Waals surface area contributed by atoms with E-state index in [1.165, 1.54) is 18.4 Å². The van der Waals surface area contributed by atoms with E-state index in [2.05, 4.69) is 37.4 Å². The summed E-state index contributed by atoms with van der Waals surface area (Å²) in [7, 11) is 2.31. The van der Waals surface area contributed by atoms with Crippen LogP contribution >= 0.6 is 0 Å². The van der Waals surface area contributed by atoms with Crippen LogP contribution in [0, 0.1) is 11.8 Å². The van der Waals surface area contributed by atoms with Gasteiger partial charge in [-0.05, 0) is 24.8 Å². The number of ether oxygens (including phenoxy) is 1. The van der Waals surface area contributed by atoms with Crippen LogP contribution < -0.4 is 17.0 Å². The van der Waals surface area contributed by atoms with Gasteiger partial charge in [0.05, 0.1) is 19.5 Å². The van der Waals surface area contributed by atoms with Gasteiger partial charge in [-0.1, -0.05) is 86.3 Å². The van der Waals surface area contributed by atoms with Gasteiger partial charge in [-0.2, -0.15) is 0 Å². The highest BCUT2D eigenvalue weighted by Gasteiger charge is 2.59. The van der Waals surface area contributed by atoms with Gasteiger partial charge < -0.3 is 31.3 Å². The molecule has 2 aromatic carbocycles. The van der Waals surface area contributed by atoms with Gasteiger partial charge >= 0.3 is 5.97 Å². The summed E-state index contributed by atoms with van der Waals surface area (Å²) >= 11 is 0. The maximum atomic E-state index is 13.8. The van der Waals surface area contributed by atoms with E-state index in [1.54, 1.807) is 0 Å². The highest BCUT2D eigenvalue weighted by molar-refractivity contribution is 5.82. The predicted molar refractivity (Wildman–Crippen MR) is 129 cm³/mol. The first-order chi connectivity index (χ1) is 16.0. The number of likely N-dealkylation sites (tertiary alicyclic amines) is 1. The van der Waals surface area contributed by atoms with Crippen LogP contribution in [0.15, 0.2) is 60.7 Å². The minimum Gasteiger partial charge on any atom is -1.00 e. The lowest BCUT2D eigenvalue weighted by molar-refractivity contribution is -0.939. The molecule has 0 amide bonds. The van der Waals surface area contributed by atoms with Crippen molar-refractivity contribution in [1.82, 2.24) is 0 Å². The van der Waals surface area contributed by atoms with Gasteiger partial charge in [-0.15, -0.1) is 0 Å². The van der Waals surface area contributed by atoms with Crippen molar-refractivity contribution in [2.45, 2.75) is 75.7 Å². The first kappa shape index (κ1) is 25.4. The van der Waals surface area contributed by atoms with Gasteiger partial charge in [-0.3, -0.25) is 0 Å². The SMILES string of the molecule is C[N+]1(Cc2ccccc2)CC2CC[C@H]1C2OC(=O)C(O)(c1ccccc1)C1CCCCCC1.[Br-]. The topological polar surface area (TPSA) is 46.5 Å². The van der Waals surface area contributed by atoms with Crippen molar-refractivity contribution in [1.29, 1.82) is 0 Å². The number of fused-ring (bicyclic) bond motifs is 2. The van der Waals surface area contributed by atoms with Crippen molar-refractivity contribution in [3.63, 3.8) is 0 Å². The summed E-state index contributed by atoms with van der Waals surface area (Å²) in [4.78, 5) is 13.8. The molecule has 4 nitrogen and oxygen atoms in total. The Morgan fingerprint density at radius 2 is 1.56 bits per heavy atom. The molecule has 1 N–H and O–H groups in total. The molecule has 2 aliphatic carbocycles. The van der Waals surface area contributed by atoms with Gasteiger partial charge in [0, 0.05) is 17.9 Å². The molecule has 3 aliphatic rings. The van der Waals surface area contributed by atoms with Crippen LogP contribution in [0.25, 0.3) is 0 Å². The van der Waals surface area contributed by atoms with E-state index in [0.717, 1.165) is 56.1 Å². The lowest BCUT2D eigenvalue weighted by Crippen LogP contribution is -3.00. The quantitative estimate of drug-likeness (QED) is 0.356. The van der Waals surface area contributed by atoms with E-state index in [1.807, 2.05) is 30.3 Å². The molecule has 0 spiro atoms. The number of esters is 1. The lowest BCUT2D eigenvalue weighted by atomic mass is 9.77. The molecule has 0 radical (unpaired) electrons. The number of carbonyl (C=O) groups excluding carboxylic acids is 1. The first-order valence-electron chi connectivity index (χ1n) is 12.9. The zero-order valence-electron chi connectivity index (χ0n) is 20.2. The highest BCUT2D eigenvalue weighted by Crippen LogP contribution is 2.47. The number of carbonyl (C=O) groups is 1. The zero-order valence-corrected chi connectivity index (χ0v) is 21.8. The van der Waals surface area contributed by atoms with Crippen LogP contribution in [0.4, 0.5) is 0 Å². The molecular formula is C29H38BrNO3. The van der Waals surface area contributed by atoms with Crippen LogP contribution in [-0.4, -0.2) is 41.3 Å². The van der Waals surface area contributed by atoms with Crippen molar-refractivity contribution >= 4 is 5.97 Å². The molecule has 0 aromatic heterocycles. The molecule has 5 atom stereocenters. The van der Waals surface area contributed by atoms with E-state index >= 15 is 0 Å². The van der Waals surface area contributed by atoms with E-state index in [0.29, 0.717) is 17.5 Å². The number of benzene rings is 2. The Morgan fingerprint density at radius 1 is 0.941 bits per heavy atom. The van der Waals surface area contributed by atoms with E-state index in [4.69, 9.17) is 4.74 Å². The van der Waals surface area contributed by atoms with Crippen molar-refractivity contribution in [3.8, 4) is 0 Å². The number of aliphatic hydroxyl groups is 1. The van der Waals surface area contributed by atoms with Crippen molar-refractivity contribution in [2.75, 3.05) is 13.6 Å². The number of piperidine rings is 1. The average Bonchev–Trinajstić information content (AvgIpc) is 3.18. The summed E-state index contributed by atoms with van der Waals surface area (Å²) < 4.78 is 7.26. The summed E-state index contributed by atoms with van der Waals surface area (Å²) in [6.07, 6.45) is 8.32. The Labute approximate surface area is 214 Å². The van der Waals surface area contributed by atoms with Crippen LogP contribution in [0.2, 0.25) is 0 Å². The fourth-order valence-electron chi connectivity index (χ4n) is 7.04. The van der Waals surface area contributed by atoms with Crippen LogP contribution in [-0.2, 0) is 21.7 Å². The third kappa shape index (κ3) is 4.72. The molecule has 34 heavy (non-hydrogen) atoms. The molecule has 5 heteroatoms. The Bertz CT molecular complexity index is 946. The summed E-state index contributed by atoms with van der Waals surface area (Å²) in [6, 6.07) is 20.5. The smallest absolute Gasteiger partial charge is 0.343 e. The van der Waals surface area contributed by atoms with Crippen molar-refractivity contribution < 1.29 is 36.1 Å². The number of hydrogen-bond acceptors (Lipinski definition) is 3. The number of nitrogens with zero attached hydrogens (tertiary/aromatic N) is 1. The number of halogens is 1. The summed E-state index contributed by atoms with van der Waals surface area (Å²) in [5.41, 5.74) is 0.460. The molecule has 3 fully saturated rings. The molecule has 4 unspecified atom stereocenters. The van der Waals surface area contributed by atoms with Gasteiger partial charge in [0.1, 0.15) is 12.6 Å². The molecule has 2 bridgehead atoms. The number of likely N-dealkylation sites (N-methyl/N-ethyl adjacent to an activating group) is 1. The molecule has 2 saturated carbocycles. The molecule has 1 heterocycles. The second-order valence-electron chi connectivity index (χ2n) is 10.9. The standard InChI is InChI=1S/C29H38NO3.BrH/c1-30(20-22-12-6-4-7-13-22)21-23-18-19-26(30)27(23)33-28(31)29(32,25-16-10-5-11-17-25)24-14-8-2-3-9-15-24;/h4-7,10-13,16-17,23-24,26-27,32H,2-3,8-9,14-15,18-21H2,1H3;1H/q+1;/p-1/t23?,26-,27?,29?,30?;/m0./s1. The van der Waals surface area contributed by atoms with Gasteiger partial charge in [0.2, 0.25) is 0 Å². The first-order valence-corrected chi connectivity index (χ1v) is 12.9. The Hall–Kier alpha value is -1.69. The van der Waals surface area contributed by atoms with Crippen molar-refractivity contribution in [2.24, 2.45) is 11.8 Å². The maximum absolute atomic E-state index is 13.8. The maximum Gasteiger partial charge on any atom is 0.343 e. The summed E-state index contributed by atoms with van der Waals surface area (Å²) in [6.45, 7) is 1.99. The number of rotatable bonds is 6. The van der Waals surface area contributed by atoms with E-state index in [9.17, 15) is 9.90 Å². The normalized spacial score (nSPS) is 30.7. The third-order valence-electron chi connectivity index (χ3n) is 8.73. The zero-order chi connectivity index (χ0) is 22.9. The van der Waals surface area contributed by atoms with Gasteiger partial charge in [-0.25, -0.2) is 4.79 Å². The highest BCUT2D eigenvalue weighted by atomic mass is 79.9. The van der Waals surface area contributed by atoms with Crippen LogP contribution in [0.5, 0.6) is 0 Å². The minimum atomic E-state index is -1.56. The van der Waals surface area contributed by atoms with Crippen molar-refractivity contribution in [3.05, 3.63) is 71.8 Å². The Kier molecular flexibility index (Phi) is 7.85. The van der Waals surface area contributed by atoms with Crippen LogP contribution in [0.1, 0.15) is 62.5 Å². The summed E-state index contributed by atoms with van der Waals surface area (Å²) in [5.74, 6) is -0.128. The molecule has 1 saturated heterocycles.